The quantitative estimate of drug-likeness (QED) is 0.241. The van der Waals surface area contributed by atoms with E-state index in [1.165, 1.54) is 0 Å². The van der Waals surface area contributed by atoms with Crippen LogP contribution in [0.25, 0.3) is 0 Å². The summed E-state index contributed by atoms with van der Waals surface area (Å²) in [7, 11) is -9.89. The van der Waals surface area contributed by atoms with E-state index in [1.54, 1.807) is 0 Å². The monoisotopic (exact) mass is 470 g/mol. The Morgan fingerprint density at radius 1 is 0.538 bits per heavy atom. The average Bonchev–Trinajstić information content (AvgIpc) is 2.37. The topological polar surface area (TPSA) is 233 Å². The van der Waals surface area contributed by atoms with Crippen LogP contribution in [0.3, 0.4) is 0 Å². The molecule has 1 saturated heterocycles. The molecule has 0 bridgehead atoms. The molecule has 0 amide bonds. The van der Waals surface area contributed by atoms with Crippen LogP contribution >= 0.6 is 0 Å². The Bertz CT molecular complexity index is 282. The molecule has 0 spiro atoms. The maximum atomic E-state index is 8.49. The van der Waals surface area contributed by atoms with Gasteiger partial charge in [-0.1, -0.05) is 13.8 Å². The Balaban J connectivity index is -0.000000401. The van der Waals surface area contributed by atoms with Gasteiger partial charge in [0.2, 0.25) is 0 Å². The third-order valence-electron chi connectivity index (χ3n) is 2.64. The maximum Gasteiger partial charge on any atom is 2.00 e. The van der Waals surface area contributed by atoms with Gasteiger partial charge in [-0.05, 0) is 5.41 Å². The van der Waals surface area contributed by atoms with E-state index >= 15 is 0 Å². The van der Waals surface area contributed by atoms with Crippen LogP contribution < -0.4 is 58.5 Å². The molecule has 0 unspecified atom stereocenters. The molecular formula is C11H26Cl2N4NiO8. The summed E-state index contributed by atoms with van der Waals surface area (Å²) < 4.78 is 67.9. The van der Waals surface area contributed by atoms with Crippen molar-refractivity contribution in [3.63, 3.8) is 0 Å². The smallest absolute Gasteiger partial charge is 0.315 e. The third-order valence-corrected chi connectivity index (χ3v) is 2.64. The summed E-state index contributed by atoms with van der Waals surface area (Å²) in [4.78, 5) is 0. The minimum atomic E-state index is -4.94. The number of hydrogen-bond acceptors (Lipinski definition) is 12. The molecule has 1 fully saturated rings. The van der Waals surface area contributed by atoms with Crippen molar-refractivity contribution in [2.24, 2.45) is 5.41 Å². The van der Waals surface area contributed by atoms with Gasteiger partial charge in [0, 0.05) is 52.4 Å². The third kappa shape index (κ3) is 44.2. The zero-order chi connectivity index (χ0) is 20.0. The number of rotatable bonds is 0. The van der Waals surface area contributed by atoms with Crippen molar-refractivity contribution in [3.05, 3.63) is 0 Å². The summed E-state index contributed by atoms with van der Waals surface area (Å²) in [5, 5.41) is 13.8. The number of halogens is 2. The average molecular weight is 472 g/mol. The van der Waals surface area contributed by atoms with Crippen molar-refractivity contribution < 1.29 is 74.2 Å². The number of hydrogen-bond donors (Lipinski definition) is 4. The van der Waals surface area contributed by atoms with Gasteiger partial charge < -0.3 is 21.3 Å². The maximum absolute atomic E-state index is 8.49. The molecule has 1 aliphatic rings. The predicted molar refractivity (Wildman–Crippen MR) is 65.3 cm³/mol. The summed E-state index contributed by atoms with van der Waals surface area (Å²) in [6.45, 7) is 13.1. The molecule has 1 heterocycles. The second-order valence-electron chi connectivity index (χ2n) is 5.77. The summed E-state index contributed by atoms with van der Waals surface area (Å²) in [6, 6.07) is 0. The molecule has 0 saturated carbocycles. The minimum absolute atomic E-state index is 0. The van der Waals surface area contributed by atoms with Crippen LogP contribution in [0.5, 0.6) is 0 Å². The van der Waals surface area contributed by atoms with Gasteiger partial charge in [0.05, 0.1) is 0 Å². The van der Waals surface area contributed by atoms with Crippen LogP contribution in [0.1, 0.15) is 13.8 Å². The van der Waals surface area contributed by atoms with Crippen LogP contribution in [-0.2, 0) is 16.5 Å². The van der Waals surface area contributed by atoms with Gasteiger partial charge in [-0.3, -0.25) is 0 Å². The Hall–Kier alpha value is 0.594. The molecule has 0 radical (unpaired) electrons. The summed E-state index contributed by atoms with van der Waals surface area (Å²) in [5.41, 5.74) is 0.341. The molecule has 0 aromatic rings. The van der Waals surface area contributed by atoms with Gasteiger partial charge in [0.25, 0.3) is 0 Å². The van der Waals surface area contributed by atoms with Crippen molar-refractivity contribution in [2.75, 3.05) is 52.4 Å². The van der Waals surface area contributed by atoms with E-state index in [0.29, 0.717) is 5.41 Å². The Kier molecular flexibility index (Phi) is 19.9. The fourth-order valence-corrected chi connectivity index (χ4v) is 1.70. The van der Waals surface area contributed by atoms with E-state index in [-0.39, 0.29) is 16.5 Å². The van der Waals surface area contributed by atoms with E-state index in [9.17, 15) is 0 Å². The second kappa shape index (κ2) is 16.5. The van der Waals surface area contributed by atoms with Crippen LogP contribution in [0.15, 0.2) is 0 Å². The molecular weight excluding hydrogens is 446 g/mol. The molecule has 0 aromatic carbocycles. The number of nitrogens with one attached hydrogen (secondary N) is 4. The molecule has 15 heteroatoms. The van der Waals surface area contributed by atoms with Gasteiger partial charge in [-0.15, -0.1) is 20.5 Å². The second-order valence-corrected chi connectivity index (χ2v) is 7.29. The van der Waals surface area contributed by atoms with E-state index in [4.69, 9.17) is 37.3 Å². The molecule has 1 rings (SSSR count). The molecule has 26 heavy (non-hydrogen) atoms. The van der Waals surface area contributed by atoms with Crippen LogP contribution in [0.2, 0.25) is 0 Å². The van der Waals surface area contributed by atoms with E-state index in [1.807, 2.05) is 0 Å². The van der Waals surface area contributed by atoms with Gasteiger partial charge in [0.15, 0.2) is 0 Å². The predicted octanol–water partition coefficient (Wildman–Crippen LogP) is -10.1. The van der Waals surface area contributed by atoms with Gasteiger partial charge >= 0.3 is 16.5 Å². The molecule has 12 nitrogen and oxygen atoms in total. The molecule has 162 valence electrons. The Morgan fingerprint density at radius 3 is 0.962 bits per heavy atom. The Morgan fingerprint density at radius 2 is 0.731 bits per heavy atom. The van der Waals surface area contributed by atoms with Gasteiger partial charge in [-0.25, -0.2) is 37.3 Å². The van der Waals surface area contributed by atoms with Crippen LogP contribution in [-0.4, -0.2) is 52.4 Å². The van der Waals surface area contributed by atoms with E-state index in [2.05, 4.69) is 35.1 Å². The van der Waals surface area contributed by atoms with Gasteiger partial charge in [-0.2, -0.15) is 0 Å². The van der Waals surface area contributed by atoms with E-state index in [0.717, 1.165) is 52.4 Å². The summed E-state index contributed by atoms with van der Waals surface area (Å²) in [5.74, 6) is 0. The molecule has 4 N–H and O–H groups in total. The van der Waals surface area contributed by atoms with Crippen molar-refractivity contribution in [3.8, 4) is 0 Å². The van der Waals surface area contributed by atoms with Crippen molar-refractivity contribution in [2.45, 2.75) is 13.8 Å². The molecule has 0 aliphatic carbocycles. The van der Waals surface area contributed by atoms with Crippen molar-refractivity contribution in [1.29, 1.82) is 0 Å². The first-order valence-electron chi connectivity index (χ1n) is 7.27. The first-order valence-corrected chi connectivity index (χ1v) is 9.74. The minimum Gasteiger partial charge on any atom is -0.315 e. The van der Waals surface area contributed by atoms with Crippen molar-refractivity contribution >= 4 is 0 Å². The summed E-state index contributed by atoms with van der Waals surface area (Å²) >= 11 is 0. The van der Waals surface area contributed by atoms with Crippen LogP contribution in [0, 0.1) is 25.9 Å². The molecule has 0 aromatic heterocycles. The zero-order valence-corrected chi connectivity index (χ0v) is 17.0. The molecule has 0 atom stereocenters. The largest absolute Gasteiger partial charge is 2.00 e. The zero-order valence-electron chi connectivity index (χ0n) is 14.5. The summed E-state index contributed by atoms with van der Waals surface area (Å²) in [6.07, 6.45) is 0. The fraction of sp³-hybridized carbons (Fsp3) is 1.00. The first-order chi connectivity index (χ1) is 11.2. The SMILES string of the molecule is CC1(C)CNCCNCCNCCNC1.[Ni+2].[O-][Cl+3]([O-])([O-])[O-].[O-][Cl+3]([O-])([O-])[O-]. The van der Waals surface area contributed by atoms with Gasteiger partial charge in [0.1, 0.15) is 0 Å². The van der Waals surface area contributed by atoms with E-state index < -0.39 is 20.5 Å². The van der Waals surface area contributed by atoms with Crippen LogP contribution in [0.4, 0.5) is 0 Å². The normalized spacial score (nSPS) is 19.6. The Labute approximate surface area is 167 Å². The van der Waals surface area contributed by atoms with Crippen molar-refractivity contribution in [1.82, 2.24) is 21.3 Å². The molecule has 1 aliphatic heterocycles. The first kappa shape index (κ1) is 31.3. The standard InChI is InChI=1S/C11H26N4.2ClHO4.Ni/c1-11(2)9-14-7-5-12-3-4-13-6-8-15-10-11;2*2-1(3,4)5;/h12-15H,3-10H2,1-2H3;2*(H,2,3,4,5);/q;;;+2/p-2. The fourth-order valence-electron chi connectivity index (χ4n) is 1.70.